The smallest absolute Gasteiger partial charge is 0.274 e. The first kappa shape index (κ1) is 18.9. The van der Waals surface area contributed by atoms with Crippen molar-refractivity contribution in [2.45, 2.75) is 33.6 Å². The lowest BCUT2D eigenvalue weighted by molar-refractivity contribution is 0.102. The third-order valence-corrected chi connectivity index (χ3v) is 4.05. The zero-order chi connectivity index (χ0) is 19.4. The highest BCUT2D eigenvalue weighted by Crippen LogP contribution is 2.20. The van der Waals surface area contributed by atoms with Crippen molar-refractivity contribution in [3.63, 3.8) is 0 Å². The Morgan fingerprint density at radius 2 is 1.96 bits per heavy atom. The molecule has 0 aliphatic heterocycles. The van der Waals surface area contributed by atoms with Crippen LogP contribution in [0.15, 0.2) is 42.6 Å². The minimum atomic E-state index is -0.413. The number of aryl methyl sites for hydroxylation is 1. The fraction of sp³-hybridized carbons (Fsp3) is 0.333. The fourth-order valence-electron chi connectivity index (χ4n) is 2.81. The van der Waals surface area contributed by atoms with Crippen LogP contribution in [0.2, 0.25) is 0 Å². The maximum Gasteiger partial charge on any atom is 0.274 e. The van der Waals surface area contributed by atoms with Gasteiger partial charge in [0.15, 0.2) is 0 Å². The zero-order valence-corrected chi connectivity index (χ0v) is 15.8. The van der Waals surface area contributed by atoms with E-state index in [1.54, 1.807) is 18.2 Å². The summed E-state index contributed by atoms with van der Waals surface area (Å²) >= 11 is 0. The summed E-state index contributed by atoms with van der Waals surface area (Å²) in [6, 6.07) is 10.1. The first-order valence-electron chi connectivity index (χ1n) is 9.18. The summed E-state index contributed by atoms with van der Waals surface area (Å²) < 4.78 is 20.8. The van der Waals surface area contributed by atoms with Gasteiger partial charge >= 0.3 is 0 Å². The molecule has 3 rings (SSSR count). The Hall–Kier alpha value is -2.89. The summed E-state index contributed by atoms with van der Waals surface area (Å²) in [4.78, 5) is 17.3. The number of carbonyl (C=O) groups excluding carboxylic acids is 1. The number of fused-ring (bicyclic) bond motifs is 1. The van der Waals surface area contributed by atoms with Gasteiger partial charge in [-0.2, -0.15) is 0 Å². The van der Waals surface area contributed by atoms with Gasteiger partial charge in [-0.25, -0.2) is 9.37 Å². The normalized spacial score (nSPS) is 11.1. The Balaban J connectivity index is 1.83. The van der Waals surface area contributed by atoms with Crippen LogP contribution in [0.5, 0.6) is 5.75 Å². The monoisotopic (exact) mass is 369 g/mol. The van der Waals surface area contributed by atoms with E-state index >= 15 is 0 Å². The molecule has 0 aliphatic rings. The van der Waals surface area contributed by atoms with E-state index in [4.69, 9.17) is 4.74 Å². The van der Waals surface area contributed by atoms with Crippen molar-refractivity contribution >= 4 is 17.2 Å². The van der Waals surface area contributed by atoms with Crippen molar-refractivity contribution in [3.8, 4) is 5.75 Å². The van der Waals surface area contributed by atoms with Gasteiger partial charge in [-0.15, -0.1) is 0 Å². The molecule has 0 saturated carbocycles. The molecule has 0 spiro atoms. The Kier molecular flexibility index (Phi) is 5.74. The molecule has 3 aromatic rings. The van der Waals surface area contributed by atoms with Crippen LogP contribution < -0.4 is 10.1 Å². The number of rotatable bonds is 7. The minimum Gasteiger partial charge on any atom is -0.493 e. The molecule has 27 heavy (non-hydrogen) atoms. The number of hydrogen-bond acceptors (Lipinski definition) is 3. The molecule has 0 saturated heterocycles. The summed E-state index contributed by atoms with van der Waals surface area (Å²) in [5, 5.41) is 2.87. The van der Waals surface area contributed by atoms with Crippen molar-refractivity contribution in [1.82, 2.24) is 9.38 Å². The Morgan fingerprint density at radius 1 is 1.22 bits per heavy atom. The molecule has 2 heterocycles. The van der Waals surface area contributed by atoms with Crippen LogP contribution >= 0.6 is 0 Å². The summed E-state index contributed by atoms with van der Waals surface area (Å²) in [7, 11) is 0. The summed E-state index contributed by atoms with van der Waals surface area (Å²) in [6.45, 7) is 6.82. The number of ether oxygens (including phenoxy) is 1. The van der Waals surface area contributed by atoms with E-state index < -0.39 is 5.82 Å². The molecule has 2 aromatic heterocycles. The molecule has 1 aromatic carbocycles. The average Bonchev–Trinajstić information content (AvgIpc) is 2.98. The molecule has 1 N–H and O–H groups in total. The largest absolute Gasteiger partial charge is 0.493 e. The van der Waals surface area contributed by atoms with Crippen LogP contribution in [0.4, 0.5) is 10.1 Å². The molecular formula is C21H24FN3O2. The lowest BCUT2D eigenvalue weighted by Crippen LogP contribution is -2.16. The van der Waals surface area contributed by atoms with Gasteiger partial charge in [-0.05, 0) is 48.7 Å². The third-order valence-electron chi connectivity index (χ3n) is 4.05. The molecule has 0 bridgehead atoms. The van der Waals surface area contributed by atoms with E-state index in [-0.39, 0.29) is 5.91 Å². The van der Waals surface area contributed by atoms with Crippen molar-refractivity contribution in [2.24, 2.45) is 5.92 Å². The summed E-state index contributed by atoms with van der Waals surface area (Å²) in [5.74, 6) is 0.471. The van der Waals surface area contributed by atoms with Gasteiger partial charge in [0.1, 0.15) is 22.9 Å². The molecule has 0 aliphatic carbocycles. The lowest BCUT2D eigenvalue weighted by atomic mass is 10.2. The number of anilines is 1. The van der Waals surface area contributed by atoms with Crippen LogP contribution in [-0.4, -0.2) is 21.9 Å². The Bertz CT molecular complexity index is 932. The van der Waals surface area contributed by atoms with Crippen molar-refractivity contribution in [3.05, 3.63) is 59.8 Å². The first-order valence-corrected chi connectivity index (χ1v) is 9.18. The van der Waals surface area contributed by atoms with E-state index in [1.165, 1.54) is 16.7 Å². The van der Waals surface area contributed by atoms with Crippen LogP contribution in [-0.2, 0) is 6.42 Å². The highest BCUT2D eigenvalue weighted by Gasteiger charge is 2.19. The van der Waals surface area contributed by atoms with E-state index in [0.29, 0.717) is 41.7 Å². The van der Waals surface area contributed by atoms with Crippen LogP contribution in [0.1, 0.15) is 43.4 Å². The van der Waals surface area contributed by atoms with Crippen LogP contribution in [0, 0.1) is 11.7 Å². The van der Waals surface area contributed by atoms with Crippen LogP contribution in [0.25, 0.3) is 5.65 Å². The van der Waals surface area contributed by atoms with Crippen LogP contribution in [0.3, 0.4) is 0 Å². The predicted molar refractivity (Wildman–Crippen MR) is 104 cm³/mol. The number of carbonyl (C=O) groups is 1. The van der Waals surface area contributed by atoms with Crippen molar-refractivity contribution in [2.75, 3.05) is 11.9 Å². The molecule has 5 nitrogen and oxygen atoms in total. The predicted octanol–water partition coefficient (Wildman–Crippen LogP) is 4.71. The van der Waals surface area contributed by atoms with Crippen molar-refractivity contribution < 1.29 is 13.9 Å². The number of imidazole rings is 1. The SMILES string of the molecule is CCCc1nc2ccc(F)cn2c1C(=O)Nc1ccc(OCC(C)C)cc1. The topological polar surface area (TPSA) is 55.6 Å². The van der Waals surface area contributed by atoms with Gasteiger partial charge < -0.3 is 10.1 Å². The zero-order valence-electron chi connectivity index (χ0n) is 15.8. The van der Waals surface area contributed by atoms with Gasteiger partial charge in [0.05, 0.1) is 12.3 Å². The highest BCUT2D eigenvalue weighted by atomic mass is 19.1. The second-order valence-corrected chi connectivity index (χ2v) is 6.92. The van der Waals surface area contributed by atoms with Gasteiger partial charge in [0.25, 0.3) is 5.91 Å². The number of benzene rings is 1. The fourth-order valence-corrected chi connectivity index (χ4v) is 2.81. The molecule has 0 radical (unpaired) electrons. The second-order valence-electron chi connectivity index (χ2n) is 6.92. The van der Waals surface area contributed by atoms with Gasteiger partial charge in [0, 0.05) is 11.9 Å². The highest BCUT2D eigenvalue weighted by molar-refractivity contribution is 6.04. The Morgan fingerprint density at radius 3 is 2.63 bits per heavy atom. The number of nitrogens with one attached hydrogen (secondary N) is 1. The third kappa shape index (κ3) is 4.45. The van der Waals surface area contributed by atoms with E-state index in [9.17, 15) is 9.18 Å². The molecule has 142 valence electrons. The van der Waals surface area contributed by atoms with E-state index in [0.717, 1.165) is 12.2 Å². The second kappa shape index (κ2) is 8.20. The molecule has 1 amide bonds. The molecule has 0 atom stereocenters. The summed E-state index contributed by atoms with van der Waals surface area (Å²) in [5.41, 5.74) is 2.23. The maximum atomic E-state index is 13.7. The number of nitrogens with zero attached hydrogens (tertiary/aromatic N) is 2. The molecular weight excluding hydrogens is 345 g/mol. The quantitative estimate of drug-likeness (QED) is 0.656. The minimum absolute atomic E-state index is 0.313. The number of aromatic nitrogens is 2. The number of amides is 1. The number of hydrogen-bond donors (Lipinski definition) is 1. The Labute approximate surface area is 158 Å². The maximum absolute atomic E-state index is 13.7. The van der Waals surface area contributed by atoms with Gasteiger partial charge in [-0.3, -0.25) is 9.20 Å². The molecule has 0 fully saturated rings. The van der Waals surface area contributed by atoms with Crippen molar-refractivity contribution in [1.29, 1.82) is 0 Å². The first-order chi connectivity index (χ1) is 13.0. The lowest BCUT2D eigenvalue weighted by Gasteiger charge is -2.10. The number of halogens is 1. The number of pyridine rings is 1. The molecule has 6 heteroatoms. The molecule has 0 unspecified atom stereocenters. The van der Waals surface area contributed by atoms with E-state index in [1.807, 2.05) is 19.1 Å². The van der Waals surface area contributed by atoms with Gasteiger partial charge in [-0.1, -0.05) is 27.2 Å². The van der Waals surface area contributed by atoms with Gasteiger partial charge in [0.2, 0.25) is 0 Å². The summed E-state index contributed by atoms with van der Waals surface area (Å²) in [6.07, 6.45) is 2.78. The van der Waals surface area contributed by atoms with E-state index in [2.05, 4.69) is 24.1 Å². The average molecular weight is 369 g/mol. The standard InChI is InChI=1S/C21H24FN3O2/c1-4-5-18-20(25-12-15(22)6-11-19(25)24-18)21(26)23-16-7-9-17(10-8-16)27-13-14(2)3/h6-12,14H,4-5,13H2,1-3H3,(H,23,26).